The zero-order chi connectivity index (χ0) is 23.5. The maximum atomic E-state index is 13.6. The van der Waals surface area contributed by atoms with Crippen molar-refractivity contribution in [3.63, 3.8) is 0 Å². The second-order valence-corrected chi connectivity index (χ2v) is 8.03. The van der Waals surface area contributed by atoms with E-state index in [0.29, 0.717) is 16.9 Å². The first kappa shape index (κ1) is 22.2. The lowest BCUT2D eigenvalue weighted by atomic mass is 9.95. The van der Waals surface area contributed by atoms with Crippen LogP contribution in [0.1, 0.15) is 36.6 Å². The number of carbonyl (C=O) groups excluding carboxylic acids is 2. The Morgan fingerprint density at radius 2 is 1.79 bits per heavy atom. The van der Waals surface area contributed by atoms with Crippen molar-refractivity contribution in [3.8, 4) is 5.75 Å². The van der Waals surface area contributed by atoms with Gasteiger partial charge in [-0.3, -0.25) is 14.6 Å². The lowest BCUT2D eigenvalue weighted by Crippen LogP contribution is -2.29. The molecule has 1 aromatic heterocycles. The number of benzene rings is 2. The lowest BCUT2D eigenvalue weighted by Gasteiger charge is -2.25. The van der Waals surface area contributed by atoms with Crippen molar-refractivity contribution in [2.24, 2.45) is 0 Å². The Hall–Kier alpha value is -4.00. The Bertz CT molecular complexity index is 1190. The maximum absolute atomic E-state index is 13.6. The van der Waals surface area contributed by atoms with Gasteiger partial charge in [0.1, 0.15) is 17.3 Å². The number of ether oxygens (including phenoxy) is 1. The molecular formula is C26H23FN2O4. The average molecular weight is 446 g/mol. The van der Waals surface area contributed by atoms with E-state index < -0.39 is 23.5 Å². The van der Waals surface area contributed by atoms with E-state index in [1.807, 2.05) is 13.8 Å². The number of ketones is 1. The molecule has 1 aliphatic heterocycles. The number of aromatic nitrogens is 1. The van der Waals surface area contributed by atoms with Gasteiger partial charge in [-0.05, 0) is 67.4 Å². The molecule has 0 bridgehead atoms. The number of Topliss-reactive ketones (excluding diaryl/α,β-unsaturated/α-hetero) is 1. The summed E-state index contributed by atoms with van der Waals surface area (Å²) in [4.78, 5) is 31.5. The molecule has 1 unspecified atom stereocenters. The Morgan fingerprint density at radius 1 is 1.09 bits per heavy atom. The molecule has 2 heterocycles. The van der Waals surface area contributed by atoms with E-state index in [2.05, 4.69) is 4.98 Å². The summed E-state index contributed by atoms with van der Waals surface area (Å²) in [6.45, 7) is 3.92. The Morgan fingerprint density at radius 3 is 2.39 bits per heavy atom. The molecule has 0 saturated carbocycles. The molecule has 0 spiro atoms. The van der Waals surface area contributed by atoms with Crippen molar-refractivity contribution in [2.75, 3.05) is 0 Å². The number of rotatable bonds is 6. The van der Waals surface area contributed by atoms with Crippen molar-refractivity contribution >= 4 is 17.4 Å². The van der Waals surface area contributed by atoms with Crippen molar-refractivity contribution in [1.29, 1.82) is 0 Å². The molecule has 7 heteroatoms. The van der Waals surface area contributed by atoms with Crippen LogP contribution in [0.2, 0.25) is 0 Å². The number of likely N-dealkylation sites (tertiary alicyclic amines) is 1. The molecular weight excluding hydrogens is 423 g/mol. The molecule has 1 atom stereocenters. The van der Waals surface area contributed by atoms with Crippen LogP contribution < -0.4 is 4.74 Å². The highest BCUT2D eigenvalue weighted by Crippen LogP contribution is 2.40. The first-order valence-electron chi connectivity index (χ1n) is 10.5. The van der Waals surface area contributed by atoms with Crippen LogP contribution in [0.25, 0.3) is 5.76 Å². The monoisotopic (exact) mass is 446 g/mol. The van der Waals surface area contributed by atoms with Gasteiger partial charge in [0.2, 0.25) is 0 Å². The van der Waals surface area contributed by atoms with E-state index in [0.717, 1.165) is 5.56 Å². The van der Waals surface area contributed by atoms with Crippen molar-refractivity contribution in [3.05, 3.63) is 101 Å². The van der Waals surface area contributed by atoms with Crippen molar-refractivity contribution in [2.45, 2.75) is 32.5 Å². The number of aliphatic hydroxyl groups excluding tert-OH is 1. The molecule has 1 saturated heterocycles. The Labute approximate surface area is 191 Å². The van der Waals surface area contributed by atoms with Gasteiger partial charge in [-0.1, -0.05) is 18.2 Å². The standard InChI is InChI=1S/C26H23FN2O4/c1-16(2)33-21-11-7-19(8-12-21)24(30)22-23(18-5-9-20(27)10-6-18)29(26(32)25(22)31)15-17-4-3-13-28-14-17/h3-14,16,23,30H,15H2,1-2H3/b24-22-. The average Bonchev–Trinajstić information content (AvgIpc) is 3.05. The lowest BCUT2D eigenvalue weighted by molar-refractivity contribution is -0.140. The summed E-state index contributed by atoms with van der Waals surface area (Å²) >= 11 is 0. The third-order valence-corrected chi connectivity index (χ3v) is 5.30. The molecule has 6 nitrogen and oxygen atoms in total. The molecule has 0 aliphatic carbocycles. The van der Waals surface area contributed by atoms with Gasteiger partial charge in [0.15, 0.2) is 0 Å². The zero-order valence-corrected chi connectivity index (χ0v) is 18.2. The number of nitrogens with zero attached hydrogens (tertiary/aromatic N) is 2. The van der Waals surface area contributed by atoms with Crippen LogP contribution in [0.15, 0.2) is 78.6 Å². The van der Waals surface area contributed by atoms with Crippen molar-refractivity contribution < 1.29 is 23.8 Å². The second kappa shape index (κ2) is 9.24. The van der Waals surface area contributed by atoms with Gasteiger partial charge < -0.3 is 14.7 Å². The van der Waals surface area contributed by atoms with E-state index in [-0.39, 0.29) is 24.0 Å². The molecule has 1 N–H and O–H groups in total. The molecule has 4 rings (SSSR count). The quantitative estimate of drug-likeness (QED) is 0.339. The maximum Gasteiger partial charge on any atom is 0.295 e. The molecule has 0 radical (unpaired) electrons. The van der Waals surface area contributed by atoms with Crippen LogP contribution >= 0.6 is 0 Å². The van der Waals surface area contributed by atoms with E-state index >= 15 is 0 Å². The fraction of sp³-hybridized carbons (Fsp3) is 0.192. The predicted molar refractivity (Wildman–Crippen MR) is 121 cm³/mol. The third-order valence-electron chi connectivity index (χ3n) is 5.30. The van der Waals surface area contributed by atoms with Crippen LogP contribution in [-0.4, -0.2) is 32.8 Å². The highest BCUT2D eigenvalue weighted by molar-refractivity contribution is 6.46. The van der Waals surface area contributed by atoms with E-state index in [9.17, 15) is 19.1 Å². The van der Waals surface area contributed by atoms with E-state index in [1.165, 1.54) is 29.2 Å². The minimum atomic E-state index is -0.877. The molecule has 1 fully saturated rings. The fourth-order valence-electron chi connectivity index (χ4n) is 3.84. The first-order valence-corrected chi connectivity index (χ1v) is 10.5. The molecule has 33 heavy (non-hydrogen) atoms. The van der Waals surface area contributed by atoms with Gasteiger partial charge in [0.05, 0.1) is 17.7 Å². The number of amides is 1. The van der Waals surface area contributed by atoms with E-state index in [4.69, 9.17) is 4.74 Å². The summed E-state index contributed by atoms with van der Waals surface area (Å²) in [6, 6.07) is 14.8. The van der Waals surface area contributed by atoms with Gasteiger partial charge in [0, 0.05) is 24.5 Å². The number of aliphatic hydroxyl groups is 1. The minimum absolute atomic E-state index is 0.0132. The molecule has 2 aromatic carbocycles. The highest BCUT2D eigenvalue weighted by atomic mass is 19.1. The van der Waals surface area contributed by atoms with Crippen molar-refractivity contribution in [1.82, 2.24) is 9.88 Å². The normalized spacial score (nSPS) is 17.6. The Kier molecular flexibility index (Phi) is 6.22. The van der Waals surface area contributed by atoms with E-state index in [1.54, 1.807) is 48.8 Å². The number of carbonyl (C=O) groups is 2. The number of hydrogen-bond donors (Lipinski definition) is 1. The summed E-state index contributed by atoms with van der Waals surface area (Å²) in [5.41, 5.74) is 1.56. The summed E-state index contributed by atoms with van der Waals surface area (Å²) in [5.74, 6) is -1.66. The summed E-state index contributed by atoms with van der Waals surface area (Å²) < 4.78 is 19.2. The smallest absolute Gasteiger partial charge is 0.295 e. The predicted octanol–water partition coefficient (Wildman–Crippen LogP) is 4.63. The fourth-order valence-corrected chi connectivity index (χ4v) is 3.84. The zero-order valence-electron chi connectivity index (χ0n) is 18.2. The SMILES string of the molecule is CC(C)Oc1ccc(/C(O)=C2/C(=O)C(=O)N(Cc3cccnc3)C2c2ccc(F)cc2)cc1. The highest BCUT2D eigenvalue weighted by Gasteiger charge is 2.46. The number of halogens is 1. The van der Waals surface area contributed by atoms with Gasteiger partial charge in [0.25, 0.3) is 11.7 Å². The van der Waals surface area contributed by atoms with Gasteiger partial charge in [-0.2, -0.15) is 0 Å². The first-order chi connectivity index (χ1) is 15.8. The van der Waals surface area contributed by atoms with Crippen LogP contribution in [0.3, 0.4) is 0 Å². The Balaban J connectivity index is 1.79. The molecule has 3 aromatic rings. The van der Waals surface area contributed by atoms with Crippen LogP contribution in [0.4, 0.5) is 4.39 Å². The topological polar surface area (TPSA) is 79.7 Å². The van der Waals surface area contributed by atoms with Gasteiger partial charge in [-0.25, -0.2) is 4.39 Å². The summed E-state index contributed by atoms with van der Waals surface area (Å²) in [7, 11) is 0. The third kappa shape index (κ3) is 4.62. The summed E-state index contributed by atoms with van der Waals surface area (Å²) in [5, 5.41) is 11.1. The largest absolute Gasteiger partial charge is 0.507 e. The molecule has 168 valence electrons. The van der Waals surface area contributed by atoms with Gasteiger partial charge >= 0.3 is 0 Å². The van der Waals surface area contributed by atoms with Crippen LogP contribution in [0, 0.1) is 5.82 Å². The number of hydrogen-bond acceptors (Lipinski definition) is 5. The van der Waals surface area contributed by atoms with Crippen LogP contribution in [-0.2, 0) is 16.1 Å². The number of pyridine rings is 1. The minimum Gasteiger partial charge on any atom is -0.507 e. The molecule has 1 aliphatic rings. The summed E-state index contributed by atoms with van der Waals surface area (Å²) in [6.07, 6.45) is 3.21. The molecule has 1 amide bonds. The van der Waals surface area contributed by atoms with Crippen LogP contribution in [0.5, 0.6) is 5.75 Å². The van der Waals surface area contributed by atoms with Gasteiger partial charge in [-0.15, -0.1) is 0 Å². The second-order valence-electron chi connectivity index (χ2n) is 8.03.